The van der Waals surface area contributed by atoms with Gasteiger partial charge in [0.05, 0.1) is 11.3 Å². The number of nitrogens with zero attached hydrogens (tertiary/aromatic N) is 3. The average molecular weight is 484 g/mol. The van der Waals surface area contributed by atoms with Gasteiger partial charge in [0.2, 0.25) is 0 Å². The monoisotopic (exact) mass is 484 g/mol. The topological polar surface area (TPSA) is 117 Å². The van der Waals surface area contributed by atoms with Crippen LogP contribution in [0.1, 0.15) is 24.0 Å². The normalized spacial score (nSPS) is 16.0. The van der Waals surface area contributed by atoms with E-state index in [0.29, 0.717) is 29.9 Å². The van der Waals surface area contributed by atoms with E-state index in [2.05, 4.69) is 15.3 Å². The van der Waals surface area contributed by atoms with Crippen molar-refractivity contribution in [2.24, 2.45) is 0 Å². The second-order valence-electron chi connectivity index (χ2n) is 8.03. The van der Waals surface area contributed by atoms with Gasteiger partial charge in [0, 0.05) is 24.7 Å². The van der Waals surface area contributed by atoms with Gasteiger partial charge < -0.3 is 20.7 Å². The number of rotatable bonds is 6. The Morgan fingerprint density at radius 3 is 2.46 bits per heavy atom. The number of para-hydroxylation sites is 1. The van der Waals surface area contributed by atoms with Crippen molar-refractivity contribution in [3.05, 3.63) is 72.1 Å². The first kappa shape index (κ1) is 24.0. The maximum atomic E-state index is 12.9. The highest BCUT2D eigenvalue weighted by atomic mass is 19.4. The Hall–Kier alpha value is -4.15. The lowest BCUT2D eigenvalue weighted by molar-refractivity contribution is -0.186. The highest BCUT2D eigenvalue weighted by molar-refractivity contribution is 6.16. The molecule has 2 heterocycles. The first-order chi connectivity index (χ1) is 16.7. The fourth-order valence-corrected chi connectivity index (χ4v) is 3.87. The number of hydrogen-bond donors (Lipinski definition) is 3. The van der Waals surface area contributed by atoms with Gasteiger partial charge in [-0.05, 0) is 49.2 Å². The van der Waals surface area contributed by atoms with E-state index in [9.17, 15) is 18.0 Å². The summed E-state index contributed by atoms with van der Waals surface area (Å²) in [5.74, 6) is -0.334. The average Bonchev–Trinajstić information content (AvgIpc) is 2.84. The summed E-state index contributed by atoms with van der Waals surface area (Å²) in [5, 5.41) is 11.8. The number of nitrogen functional groups attached to an aromatic ring is 1. The van der Waals surface area contributed by atoms with Crippen LogP contribution < -0.4 is 15.8 Å². The van der Waals surface area contributed by atoms with E-state index in [4.69, 9.17) is 15.9 Å². The molecule has 3 aromatic rings. The summed E-state index contributed by atoms with van der Waals surface area (Å²) >= 11 is 0. The molecule has 1 aliphatic rings. The number of anilines is 2. The molecule has 4 rings (SSSR count). The Morgan fingerprint density at radius 1 is 1.09 bits per heavy atom. The molecule has 11 heteroatoms. The standard InChI is InChI=1S/C24H23F3N6O2/c25-24(26,27)23(34)33-12-4-5-16(13-33)32-22-19(21(29)30-14-31-22)20(28)15-8-10-18(11-9-15)35-17-6-2-1-3-7-17/h1-3,6-11,14,16,28H,4-5,12-13H2,(H3,29,30,31,32)/t16-/m1/s1. The molecule has 1 aliphatic heterocycles. The molecule has 0 spiro atoms. The number of ether oxygens (including phenoxy) is 1. The van der Waals surface area contributed by atoms with Crippen LogP contribution in [-0.2, 0) is 4.79 Å². The molecule has 0 aliphatic carbocycles. The third kappa shape index (κ3) is 5.68. The molecule has 35 heavy (non-hydrogen) atoms. The number of benzene rings is 2. The molecule has 0 radical (unpaired) electrons. The lowest BCUT2D eigenvalue weighted by atomic mass is 10.0. The van der Waals surface area contributed by atoms with Gasteiger partial charge in [-0.1, -0.05) is 18.2 Å². The molecule has 1 aromatic heterocycles. The fourth-order valence-electron chi connectivity index (χ4n) is 3.87. The van der Waals surface area contributed by atoms with Gasteiger partial charge in [-0.3, -0.25) is 10.2 Å². The lowest BCUT2D eigenvalue weighted by Gasteiger charge is -2.34. The Labute approximate surface area is 199 Å². The molecule has 4 N–H and O–H groups in total. The molecule has 1 atom stereocenters. The third-order valence-electron chi connectivity index (χ3n) is 5.54. The number of halogens is 3. The van der Waals surface area contributed by atoms with Crippen LogP contribution in [-0.4, -0.2) is 51.8 Å². The number of carbonyl (C=O) groups is 1. The molecular weight excluding hydrogens is 461 g/mol. The third-order valence-corrected chi connectivity index (χ3v) is 5.54. The highest BCUT2D eigenvalue weighted by Gasteiger charge is 2.43. The summed E-state index contributed by atoms with van der Waals surface area (Å²) in [5.41, 5.74) is 6.84. The maximum Gasteiger partial charge on any atom is 0.471 e. The molecule has 0 unspecified atom stereocenters. The van der Waals surface area contributed by atoms with Crippen LogP contribution in [0, 0.1) is 5.41 Å². The first-order valence-corrected chi connectivity index (χ1v) is 10.9. The molecular formula is C24H23F3N6O2. The smallest absolute Gasteiger partial charge is 0.457 e. The number of piperidine rings is 1. The van der Waals surface area contributed by atoms with Crippen molar-refractivity contribution in [3.8, 4) is 11.5 Å². The second kappa shape index (κ2) is 10.00. The van der Waals surface area contributed by atoms with E-state index in [1.165, 1.54) is 6.33 Å². The van der Waals surface area contributed by atoms with Crippen LogP contribution in [0.4, 0.5) is 24.8 Å². The van der Waals surface area contributed by atoms with Gasteiger partial charge >= 0.3 is 12.1 Å². The molecule has 182 valence electrons. The Morgan fingerprint density at radius 2 is 1.77 bits per heavy atom. The van der Waals surface area contributed by atoms with Crippen LogP contribution in [0.15, 0.2) is 60.9 Å². The number of nitrogens with two attached hydrogens (primary N) is 1. The Kier molecular flexibility index (Phi) is 6.85. The lowest BCUT2D eigenvalue weighted by Crippen LogP contribution is -2.49. The van der Waals surface area contributed by atoms with E-state index in [0.717, 1.165) is 4.90 Å². The van der Waals surface area contributed by atoms with E-state index >= 15 is 0 Å². The molecule has 1 fully saturated rings. The first-order valence-electron chi connectivity index (χ1n) is 10.9. The predicted molar refractivity (Wildman–Crippen MR) is 125 cm³/mol. The number of amides is 1. The van der Waals surface area contributed by atoms with E-state index in [1.54, 1.807) is 24.3 Å². The number of likely N-dealkylation sites (tertiary alicyclic amines) is 1. The summed E-state index contributed by atoms with van der Waals surface area (Å²) in [6.07, 6.45) is -2.78. The fraction of sp³-hybridized carbons (Fsp3) is 0.250. The van der Waals surface area contributed by atoms with Crippen molar-refractivity contribution >= 4 is 23.3 Å². The summed E-state index contributed by atoms with van der Waals surface area (Å²) in [7, 11) is 0. The summed E-state index contributed by atoms with van der Waals surface area (Å²) in [6.45, 7) is -0.108. The largest absolute Gasteiger partial charge is 0.471 e. The predicted octanol–water partition coefficient (Wildman–Crippen LogP) is 4.23. The summed E-state index contributed by atoms with van der Waals surface area (Å²) in [4.78, 5) is 20.6. The van der Waals surface area contributed by atoms with E-state index in [1.807, 2.05) is 30.3 Å². The molecule has 1 saturated heterocycles. The maximum absolute atomic E-state index is 12.9. The summed E-state index contributed by atoms with van der Waals surface area (Å²) < 4.78 is 44.4. The van der Waals surface area contributed by atoms with Gasteiger partial charge in [-0.2, -0.15) is 13.2 Å². The molecule has 2 aromatic carbocycles. The van der Waals surface area contributed by atoms with Gasteiger partial charge in [0.25, 0.3) is 0 Å². The minimum Gasteiger partial charge on any atom is -0.457 e. The Bertz CT molecular complexity index is 1200. The van der Waals surface area contributed by atoms with E-state index < -0.39 is 18.1 Å². The van der Waals surface area contributed by atoms with Crippen LogP contribution in [0.25, 0.3) is 0 Å². The number of alkyl halides is 3. The molecule has 8 nitrogen and oxygen atoms in total. The van der Waals surface area contributed by atoms with Crippen LogP contribution >= 0.6 is 0 Å². The zero-order valence-corrected chi connectivity index (χ0v) is 18.5. The molecule has 1 amide bonds. The van der Waals surface area contributed by atoms with Crippen molar-refractivity contribution in [2.75, 3.05) is 24.1 Å². The van der Waals surface area contributed by atoms with Crippen molar-refractivity contribution in [2.45, 2.75) is 25.1 Å². The van der Waals surface area contributed by atoms with Gasteiger partial charge in [0.1, 0.15) is 29.5 Å². The number of nitrogens with one attached hydrogen (secondary N) is 2. The SMILES string of the molecule is N=C(c1ccc(Oc2ccccc2)cc1)c1c(N)ncnc1N[C@@H]1CCCN(C(=O)C(F)(F)F)C1. The molecule has 0 saturated carbocycles. The quantitative estimate of drug-likeness (QED) is 0.451. The summed E-state index contributed by atoms with van der Waals surface area (Å²) in [6, 6.07) is 15.6. The number of aromatic nitrogens is 2. The van der Waals surface area contributed by atoms with Crippen molar-refractivity contribution in [3.63, 3.8) is 0 Å². The number of hydrogen-bond acceptors (Lipinski definition) is 7. The Balaban J connectivity index is 1.51. The molecule has 0 bridgehead atoms. The second-order valence-corrected chi connectivity index (χ2v) is 8.03. The van der Waals surface area contributed by atoms with Gasteiger partial charge in [0.15, 0.2) is 0 Å². The van der Waals surface area contributed by atoms with Crippen molar-refractivity contribution in [1.29, 1.82) is 5.41 Å². The van der Waals surface area contributed by atoms with Crippen LogP contribution in [0.3, 0.4) is 0 Å². The van der Waals surface area contributed by atoms with Crippen LogP contribution in [0.5, 0.6) is 11.5 Å². The minimum absolute atomic E-state index is 0.0303. The van der Waals surface area contributed by atoms with Gasteiger partial charge in [-0.15, -0.1) is 0 Å². The zero-order valence-electron chi connectivity index (χ0n) is 18.5. The zero-order chi connectivity index (χ0) is 25.0. The van der Waals surface area contributed by atoms with Crippen molar-refractivity contribution < 1.29 is 22.7 Å². The van der Waals surface area contributed by atoms with Crippen LogP contribution in [0.2, 0.25) is 0 Å². The highest BCUT2D eigenvalue weighted by Crippen LogP contribution is 2.27. The van der Waals surface area contributed by atoms with Gasteiger partial charge in [-0.25, -0.2) is 9.97 Å². The number of carbonyl (C=O) groups excluding carboxylic acids is 1. The van der Waals surface area contributed by atoms with E-state index in [-0.39, 0.29) is 36.0 Å². The minimum atomic E-state index is -4.93. The van der Waals surface area contributed by atoms with Crippen molar-refractivity contribution in [1.82, 2.24) is 14.9 Å².